The van der Waals surface area contributed by atoms with Crippen molar-refractivity contribution in [2.45, 2.75) is 52.7 Å². The standard InChI is InChI=1S/C16H26O5/c1-10(2)12(21-15(18)16(3,4)5)7-11(13-9-20-13)8-14(17)19-6/h11-13H,1,7-9H2,2-6H3/t11-,12+,13-/m1/s1. The monoisotopic (exact) mass is 298 g/mol. The molecule has 1 aliphatic rings. The van der Waals surface area contributed by atoms with Gasteiger partial charge in [0.1, 0.15) is 6.10 Å². The minimum atomic E-state index is -0.568. The minimum absolute atomic E-state index is 0.0214. The Labute approximate surface area is 126 Å². The van der Waals surface area contributed by atoms with Crippen molar-refractivity contribution in [2.24, 2.45) is 11.3 Å². The molecule has 0 aliphatic carbocycles. The van der Waals surface area contributed by atoms with E-state index < -0.39 is 11.5 Å². The SMILES string of the molecule is C=C(C)[C@H](C[C@H](CC(=O)OC)[C@H]1CO1)OC(=O)C(C)(C)C. The number of epoxide rings is 1. The number of hydrogen-bond acceptors (Lipinski definition) is 5. The van der Waals surface area contributed by atoms with Crippen LogP contribution in [0.5, 0.6) is 0 Å². The molecule has 1 saturated heterocycles. The van der Waals surface area contributed by atoms with Crippen LogP contribution in [0, 0.1) is 11.3 Å². The molecule has 0 radical (unpaired) electrons. The summed E-state index contributed by atoms with van der Waals surface area (Å²) in [7, 11) is 1.36. The van der Waals surface area contributed by atoms with E-state index in [-0.39, 0.29) is 30.4 Å². The van der Waals surface area contributed by atoms with Crippen LogP contribution in [-0.2, 0) is 23.8 Å². The molecule has 0 aromatic carbocycles. The molecule has 0 amide bonds. The molecule has 0 aromatic heterocycles. The molecular formula is C16H26O5. The molecule has 0 spiro atoms. The molecule has 21 heavy (non-hydrogen) atoms. The third-order valence-electron chi connectivity index (χ3n) is 3.47. The van der Waals surface area contributed by atoms with Gasteiger partial charge in [-0.15, -0.1) is 0 Å². The largest absolute Gasteiger partial charge is 0.469 e. The van der Waals surface area contributed by atoms with Crippen LogP contribution in [0.15, 0.2) is 12.2 Å². The van der Waals surface area contributed by atoms with Gasteiger partial charge in [0.15, 0.2) is 0 Å². The lowest BCUT2D eigenvalue weighted by Gasteiger charge is -2.26. The maximum Gasteiger partial charge on any atom is 0.311 e. The lowest BCUT2D eigenvalue weighted by Crippen LogP contribution is -2.31. The highest BCUT2D eigenvalue weighted by molar-refractivity contribution is 5.75. The molecule has 1 heterocycles. The van der Waals surface area contributed by atoms with Crippen LogP contribution in [0.4, 0.5) is 0 Å². The fourth-order valence-electron chi connectivity index (χ4n) is 1.92. The molecule has 0 aromatic rings. The average molecular weight is 298 g/mol. The third-order valence-corrected chi connectivity index (χ3v) is 3.47. The highest BCUT2D eigenvalue weighted by Crippen LogP contribution is 2.31. The molecule has 0 unspecified atom stereocenters. The van der Waals surface area contributed by atoms with Crippen LogP contribution in [0.3, 0.4) is 0 Å². The normalized spacial score (nSPS) is 20.3. The lowest BCUT2D eigenvalue weighted by atomic mass is 9.91. The van der Waals surface area contributed by atoms with Crippen molar-refractivity contribution in [3.05, 3.63) is 12.2 Å². The maximum absolute atomic E-state index is 12.0. The molecule has 1 fully saturated rings. The van der Waals surface area contributed by atoms with Crippen molar-refractivity contribution >= 4 is 11.9 Å². The minimum Gasteiger partial charge on any atom is -0.469 e. The summed E-state index contributed by atoms with van der Waals surface area (Å²) in [6.45, 7) is 11.8. The van der Waals surface area contributed by atoms with E-state index in [1.54, 1.807) is 20.8 Å². The van der Waals surface area contributed by atoms with Crippen LogP contribution in [0.1, 0.15) is 40.5 Å². The van der Waals surface area contributed by atoms with Crippen molar-refractivity contribution in [2.75, 3.05) is 13.7 Å². The van der Waals surface area contributed by atoms with Crippen molar-refractivity contribution in [3.63, 3.8) is 0 Å². The summed E-state index contributed by atoms with van der Waals surface area (Å²) in [5.74, 6) is -0.575. The first-order valence-electron chi connectivity index (χ1n) is 7.20. The van der Waals surface area contributed by atoms with Crippen molar-refractivity contribution in [1.29, 1.82) is 0 Å². The summed E-state index contributed by atoms with van der Waals surface area (Å²) >= 11 is 0. The number of carbonyl (C=O) groups excluding carboxylic acids is 2. The number of carbonyl (C=O) groups is 2. The summed E-state index contributed by atoms with van der Waals surface area (Å²) in [6, 6.07) is 0. The Kier molecular flexibility index (Phi) is 5.96. The van der Waals surface area contributed by atoms with Gasteiger partial charge >= 0.3 is 11.9 Å². The average Bonchev–Trinajstić information content (AvgIpc) is 3.19. The van der Waals surface area contributed by atoms with Gasteiger partial charge in [-0.1, -0.05) is 6.58 Å². The Morgan fingerprint density at radius 1 is 1.38 bits per heavy atom. The van der Waals surface area contributed by atoms with Crippen LogP contribution in [0.2, 0.25) is 0 Å². The fraction of sp³-hybridized carbons (Fsp3) is 0.750. The predicted octanol–water partition coefficient (Wildman–Crippen LogP) is 2.49. The summed E-state index contributed by atoms with van der Waals surface area (Å²) in [6.07, 6.45) is 0.421. The molecule has 0 saturated carbocycles. The first-order valence-corrected chi connectivity index (χ1v) is 7.20. The molecule has 0 bridgehead atoms. The van der Waals surface area contributed by atoms with Gasteiger partial charge in [0.05, 0.1) is 31.7 Å². The first kappa shape index (κ1) is 17.7. The van der Waals surface area contributed by atoms with Crippen LogP contribution >= 0.6 is 0 Å². The van der Waals surface area contributed by atoms with E-state index >= 15 is 0 Å². The zero-order chi connectivity index (χ0) is 16.2. The molecule has 120 valence electrons. The second-order valence-corrected chi connectivity index (χ2v) is 6.64. The lowest BCUT2D eigenvalue weighted by molar-refractivity contribution is -0.157. The Morgan fingerprint density at radius 2 is 1.95 bits per heavy atom. The molecule has 5 heteroatoms. The van der Waals surface area contributed by atoms with E-state index in [1.165, 1.54) is 7.11 Å². The second-order valence-electron chi connectivity index (χ2n) is 6.64. The Morgan fingerprint density at radius 3 is 2.33 bits per heavy atom. The highest BCUT2D eigenvalue weighted by Gasteiger charge is 2.37. The third kappa shape index (κ3) is 5.87. The van der Waals surface area contributed by atoms with Gasteiger partial charge in [0, 0.05) is 5.92 Å². The van der Waals surface area contributed by atoms with Gasteiger partial charge in [0.25, 0.3) is 0 Å². The summed E-state index contributed by atoms with van der Waals surface area (Å²) in [4.78, 5) is 23.5. The predicted molar refractivity (Wildman–Crippen MR) is 78.6 cm³/mol. The van der Waals surface area contributed by atoms with Gasteiger partial charge in [-0.25, -0.2) is 0 Å². The number of rotatable bonds is 7. The Hall–Kier alpha value is -1.36. The summed E-state index contributed by atoms with van der Waals surface area (Å²) in [5.41, 5.74) is 0.199. The van der Waals surface area contributed by atoms with Crippen LogP contribution < -0.4 is 0 Å². The van der Waals surface area contributed by atoms with Gasteiger partial charge < -0.3 is 14.2 Å². The van der Waals surface area contributed by atoms with E-state index in [0.717, 1.165) is 5.57 Å². The topological polar surface area (TPSA) is 65.1 Å². The van der Waals surface area contributed by atoms with Gasteiger partial charge in [0.2, 0.25) is 0 Å². The Balaban J connectivity index is 2.69. The van der Waals surface area contributed by atoms with Gasteiger partial charge in [-0.05, 0) is 39.7 Å². The molecule has 1 aliphatic heterocycles. The Bertz CT molecular complexity index is 403. The molecule has 5 nitrogen and oxygen atoms in total. The maximum atomic E-state index is 12.0. The number of ether oxygens (including phenoxy) is 3. The highest BCUT2D eigenvalue weighted by atomic mass is 16.6. The zero-order valence-electron chi connectivity index (χ0n) is 13.6. The summed E-state index contributed by atoms with van der Waals surface area (Å²) < 4.78 is 15.6. The molecular weight excluding hydrogens is 272 g/mol. The zero-order valence-corrected chi connectivity index (χ0v) is 13.6. The second kappa shape index (κ2) is 7.07. The van der Waals surface area contributed by atoms with Crippen LogP contribution in [-0.4, -0.2) is 37.9 Å². The van der Waals surface area contributed by atoms with E-state index in [0.29, 0.717) is 13.0 Å². The van der Waals surface area contributed by atoms with Gasteiger partial charge in [-0.3, -0.25) is 9.59 Å². The first-order chi connectivity index (χ1) is 9.65. The number of methoxy groups -OCH3 is 1. The number of esters is 2. The van der Waals surface area contributed by atoms with Crippen molar-refractivity contribution in [1.82, 2.24) is 0 Å². The molecule has 1 rings (SSSR count). The van der Waals surface area contributed by atoms with E-state index in [9.17, 15) is 9.59 Å². The fourth-order valence-corrected chi connectivity index (χ4v) is 1.92. The number of hydrogen-bond donors (Lipinski definition) is 0. The van der Waals surface area contributed by atoms with Gasteiger partial charge in [-0.2, -0.15) is 0 Å². The van der Waals surface area contributed by atoms with Crippen LogP contribution in [0.25, 0.3) is 0 Å². The van der Waals surface area contributed by atoms with E-state index in [2.05, 4.69) is 6.58 Å². The van der Waals surface area contributed by atoms with E-state index in [1.807, 2.05) is 6.92 Å². The van der Waals surface area contributed by atoms with E-state index in [4.69, 9.17) is 14.2 Å². The molecule has 3 atom stereocenters. The van der Waals surface area contributed by atoms with Crippen molar-refractivity contribution < 1.29 is 23.8 Å². The smallest absolute Gasteiger partial charge is 0.311 e. The quantitative estimate of drug-likeness (QED) is 0.410. The molecule has 0 N–H and O–H groups in total. The summed E-state index contributed by atoms with van der Waals surface area (Å²) in [5, 5.41) is 0. The van der Waals surface area contributed by atoms with Crippen molar-refractivity contribution in [3.8, 4) is 0 Å².